The van der Waals surface area contributed by atoms with Gasteiger partial charge in [-0.3, -0.25) is 24.2 Å². The number of fused-ring (bicyclic) bond motifs is 2. The lowest BCUT2D eigenvalue weighted by molar-refractivity contribution is -0.139. The molecular weight excluding hydrogens is 1250 g/mol. The number of hydrogen-bond donors (Lipinski definition) is 4. The number of benzene rings is 6. The predicted octanol–water partition coefficient (Wildman–Crippen LogP) is 13.6. The molecule has 10 rings (SSSR count). The molecule has 5 N–H and O–H groups in total. The number of carbonyl (C=O) groups is 4. The van der Waals surface area contributed by atoms with Gasteiger partial charge in [-0.15, -0.1) is 0 Å². The number of nitrogens with two attached hydrogens (primary N) is 1. The molecule has 2 atom stereocenters. The van der Waals surface area contributed by atoms with Crippen molar-refractivity contribution in [2.75, 3.05) is 78.8 Å². The third-order valence-electron chi connectivity index (χ3n) is 14.1. The van der Waals surface area contributed by atoms with Gasteiger partial charge in [-0.05, 0) is 102 Å². The summed E-state index contributed by atoms with van der Waals surface area (Å²) in [6, 6.07) is 37.6. The van der Waals surface area contributed by atoms with Crippen molar-refractivity contribution < 1.29 is 33.8 Å². The number of morpholine rings is 2. The summed E-state index contributed by atoms with van der Waals surface area (Å²) in [5, 5.41) is 19.8. The van der Waals surface area contributed by atoms with Crippen LogP contribution in [0.4, 0.5) is 0 Å². The number of halogens is 8. The molecule has 2 saturated heterocycles. The molecule has 14 nitrogen and oxygen atoms in total. The zero-order valence-corrected chi connectivity index (χ0v) is 51.8. The fourth-order valence-electron chi connectivity index (χ4n) is 9.69. The maximum Gasteiger partial charge on any atom is 0.326 e. The smallest absolute Gasteiger partial charge is 0.326 e. The Balaban J connectivity index is 0.000000196. The Hall–Kier alpha value is -5.66. The highest BCUT2D eigenvalue weighted by atomic mass is 35.5. The van der Waals surface area contributed by atoms with E-state index in [4.69, 9.17) is 113 Å². The Kier molecular flexibility index (Phi) is 24.5. The number of nitrogens with one attached hydrogen (secondary N) is 2. The summed E-state index contributed by atoms with van der Waals surface area (Å²) in [5.41, 5.74) is 11.3. The van der Waals surface area contributed by atoms with Gasteiger partial charge in [0.25, 0.3) is 5.91 Å². The van der Waals surface area contributed by atoms with Crippen LogP contribution in [0.5, 0.6) is 0 Å². The lowest BCUT2D eigenvalue weighted by atomic mass is 9.90. The van der Waals surface area contributed by atoms with E-state index in [1.807, 2.05) is 42.5 Å². The monoisotopic (exact) mass is 1310 g/mol. The topological polar surface area (TPSA) is 189 Å². The lowest BCUT2D eigenvalue weighted by Crippen LogP contribution is -2.43. The molecule has 2 fully saturated rings. The van der Waals surface area contributed by atoms with E-state index in [1.54, 1.807) is 78.9 Å². The highest BCUT2D eigenvalue weighted by molar-refractivity contribution is 6.41. The van der Waals surface area contributed by atoms with Crippen LogP contribution in [-0.2, 0) is 31.9 Å². The van der Waals surface area contributed by atoms with Gasteiger partial charge >= 0.3 is 5.97 Å². The third kappa shape index (κ3) is 18.0. The molecule has 2 aliphatic heterocycles. The van der Waals surface area contributed by atoms with Gasteiger partial charge in [-0.25, -0.2) is 14.8 Å². The van der Waals surface area contributed by atoms with E-state index >= 15 is 0 Å². The normalized spacial score (nSPS) is 14.3. The molecular formula is C63H59Cl8N7O7. The molecule has 8 aromatic rings. The zero-order valence-electron chi connectivity index (χ0n) is 45.7. The SMILES string of the molecule is NCCN1CCOCC1.O=C(CC(Cc1ccc2nc(-c3c(Cl)cccc3Cl)ccc2c1)C(=O)NCCN1CCOCC1)c1c(Cl)cccc1Cl.O=C(NC(Cc1ccc2nc(-c3c(Cl)cccc3Cl)ccc2c1)C(=O)O)c1c(Cl)cccc1Cl. The van der Waals surface area contributed by atoms with Crippen LogP contribution in [0, 0.1) is 5.92 Å². The molecule has 0 aliphatic carbocycles. The van der Waals surface area contributed by atoms with Crippen LogP contribution >= 0.6 is 92.8 Å². The Bertz CT molecular complexity index is 3600. The van der Waals surface area contributed by atoms with Gasteiger partial charge in [-0.2, -0.15) is 0 Å². The highest BCUT2D eigenvalue weighted by Crippen LogP contribution is 2.37. The van der Waals surface area contributed by atoms with Crippen LogP contribution in [0.1, 0.15) is 38.3 Å². The Morgan fingerprint density at radius 1 is 0.541 bits per heavy atom. The number of pyridine rings is 2. The standard InChI is InChI=1S/C32H29Cl4N3O3.C25H16Cl4N2O3.C6H14N2O/c33-23-3-1-4-24(34)30(23)28-10-8-21-17-20(7-9-27(21)38-28)18-22(19-29(40)31-25(35)5-2-6-26(31)36)32(41)37-11-12-39-13-15-42-16-14-39;26-15-3-1-4-16(27)22(15)20-10-8-14-11-13(7-9-19(14)30-20)12-21(25(33)34)31-24(32)23-17(28)5-2-6-18(23)29;7-1-2-8-3-5-9-6-4-8/h1-10,17,22H,11-16,18-19H2,(H,37,41);1-11,21H,12H2,(H,31,32)(H,33,34);1-7H2. The fourth-order valence-corrected chi connectivity index (χ4v) is 12.1. The molecule has 444 valence electrons. The number of carbonyl (C=O) groups excluding carboxylic acids is 3. The highest BCUT2D eigenvalue weighted by Gasteiger charge is 2.27. The number of amides is 2. The van der Waals surface area contributed by atoms with E-state index < -0.39 is 23.8 Å². The second-order valence-corrected chi connectivity index (χ2v) is 23.2. The number of carboxylic acid groups (broad SMARTS) is 1. The zero-order chi connectivity index (χ0) is 60.6. The fraction of sp³-hybridized carbons (Fsp3) is 0.270. The number of nitrogens with zero attached hydrogens (tertiary/aromatic N) is 4. The van der Waals surface area contributed by atoms with Crippen molar-refractivity contribution in [3.05, 3.63) is 196 Å². The van der Waals surface area contributed by atoms with Gasteiger partial charge < -0.3 is 30.9 Å². The van der Waals surface area contributed by atoms with Crippen molar-refractivity contribution >= 4 is 138 Å². The van der Waals surface area contributed by atoms with E-state index in [2.05, 4.69) is 25.4 Å². The molecule has 2 amide bonds. The molecule has 4 heterocycles. The number of Topliss-reactive ketones (excluding diaryl/α,β-unsaturated/α-hetero) is 1. The molecule has 2 aromatic heterocycles. The number of aromatic nitrogens is 2. The van der Waals surface area contributed by atoms with E-state index in [-0.39, 0.29) is 55.7 Å². The summed E-state index contributed by atoms with van der Waals surface area (Å²) in [6.45, 7) is 9.87. The number of aliphatic carboxylic acids is 1. The maximum absolute atomic E-state index is 13.4. The number of rotatable bonds is 18. The van der Waals surface area contributed by atoms with E-state index in [0.29, 0.717) is 86.4 Å². The quantitative estimate of drug-likeness (QED) is 0.0596. The Morgan fingerprint density at radius 3 is 1.41 bits per heavy atom. The van der Waals surface area contributed by atoms with Crippen molar-refractivity contribution in [1.29, 1.82) is 0 Å². The summed E-state index contributed by atoms with van der Waals surface area (Å²) >= 11 is 50.2. The molecule has 6 aromatic carbocycles. The summed E-state index contributed by atoms with van der Waals surface area (Å²) in [7, 11) is 0. The van der Waals surface area contributed by atoms with Gasteiger partial charge in [0.15, 0.2) is 5.78 Å². The minimum absolute atomic E-state index is 0.0329. The van der Waals surface area contributed by atoms with Crippen LogP contribution in [0.25, 0.3) is 44.3 Å². The molecule has 2 aliphatic rings. The van der Waals surface area contributed by atoms with Crippen molar-refractivity contribution in [2.24, 2.45) is 11.7 Å². The predicted molar refractivity (Wildman–Crippen MR) is 343 cm³/mol. The second-order valence-electron chi connectivity index (χ2n) is 19.9. The van der Waals surface area contributed by atoms with E-state index in [0.717, 1.165) is 74.3 Å². The number of carboxylic acids is 1. The van der Waals surface area contributed by atoms with Gasteiger partial charge in [0.05, 0.1) is 100 Å². The van der Waals surface area contributed by atoms with Crippen molar-refractivity contribution in [1.82, 2.24) is 30.4 Å². The molecule has 22 heteroatoms. The number of ketones is 1. The maximum atomic E-state index is 13.4. The second kappa shape index (κ2) is 31.8. The third-order valence-corrected chi connectivity index (χ3v) is 16.6. The van der Waals surface area contributed by atoms with Crippen LogP contribution < -0.4 is 16.4 Å². The van der Waals surface area contributed by atoms with Crippen LogP contribution in [0.15, 0.2) is 133 Å². The first-order valence-electron chi connectivity index (χ1n) is 27.2. The Morgan fingerprint density at radius 2 is 0.965 bits per heavy atom. The van der Waals surface area contributed by atoms with Gasteiger partial charge in [-0.1, -0.05) is 141 Å². The van der Waals surface area contributed by atoms with Crippen molar-refractivity contribution in [2.45, 2.75) is 25.3 Å². The summed E-state index contributed by atoms with van der Waals surface area (Å²) in [5.74, 6) is -2.93. The Labute approximate surface area is 532 Å². The van der Waals surface area contributed by atoms with Gasteiger partial charge in [0.2, 0.25) is 5.91 Å². The van der Waals surface area contributed by atoms with E-state index in [9.17, 15) is 24.3 Å². The molecule has 0 spiro atoms. The summed E-state index contributed by atoms with van der Waals surface area (Å²) < 4.78 is 10.6. The van der Waals surface area contributed by atoms with Crippen molar-refractivity contribution in [3.8, 4) is 22.5 Å². The number of ether oxygens (including phenoxy) is 2. The average molecular weight is 1310 g/mol. The lowest BCUT2D eigenvalue weighted by Gasteiger charge is -2.27. The average Bonchev–Trinajstić information content (AvgIpc) is 3.61. The first-order valence-corrected chi connectivity index (χ1v) is 30.2. The van der Waals surface area contributed by atoms with Crippen LogP contribution in [0.3, 0.4) is 0 Å². The summed E-state index contributed by atoms with van der Waals surface area (Å²) in [4.78, 5) is 65.3. The van der Waals surface area contributed by atoms with Crippen molar-refractivity contribution in [3.63, 3.8) is 0 Å². The molecule has 2 unspecified atom stereocenters. The van der Waals surface area contributed by atoms with Gasteiger partial charge in [0.1, 0.15) is 6.04 Å². The van der Waals surface area contributed by atoms with Crippen LogP contribution in [0.2, 0.25) is 40.2 Å². The molecule has 0 radical (unpaired) electrons. The molecule has 0 bridgehead atoms. The minimum Gasteiger partial charge on any atom is -0.480 e. The van der Waals surface area contributed by atoms with E-state index in [1.165, 1.54) is 12.1 Å². The largest absolute Gasteiger partial charge is 0.480 e. The summed E-state index contributed by atoms with van der Waals surface area (Å²) in [6.07, 6.45) is 0.371. The first kappa shape index (κ1) is 65.3. The minimum atomic E-state index is -1.19. The van der Waals surface area contributed by atoms with Crippen LogP contribution in [-0.4, -0.2) is 133 Å². The first-order chi connectivity index (χ1) is 41.0. The van der Waals surface area contributed by atoms with Gasteiger partial charge in [0, 0.05) is 93.0 Å². The number of hydrogen-bond acceptors (Lipinski definition) is 11. The molecule has 0 saturated carbocycles. The molecule has 85 heavy (non-hydrogen) atoms.